The van der Waals surface area contributed by atoms with Crippen LogP contribution in [0.3, 0.4) is 0 Å². The van der Waals surface area contributed by atoms with Crippen LogP contribution in [0.5, 0.6) is 5.75 Å². The van der Waals surface area contributed by atoms with Crippen molar-refractivity contribution >= 4 is 0 Å². The van der Waals surface area contributed by atoms with Gasteiger partial charge in [0, 0.05) is 26.2 Å². The number of benzene rings is 1. The predicted molar refractivity (Wildman–Crippen MR) is 66.3 cm³/mol. The Morgan fingerprint density at radius 2 is 1.95 bits per heavy atom. The minimum Gasteiger partial charge on any atom is -0.406 e. The van der Waals surface area contributed by atoms with Crippen LogP contribution in [0, 0.1) is 0 Å². The van der Waals surface area contributed by atoms with Gasteiger partial charge in [-0.05, 0) is 17.7 Å². The Kier molecular flexibility index (Phi) is 4.82. The molecule has 1 aliphatic heterocycles. The summed E-state index contributed by atoms with van der Waals surface area (Å²) in [5, 5.41) is 3.15. The van der Waals surface area contributed by atoms with Crippen molar-refractivity contribution in [2.75, 3.05) is 32.9 Å². The van der Waals surface area contributed by atoms with E-state index < -0.39 is 19.1 Å². The molecule has 112 valence electrons. The second-order valence-electron chi connectivity index (χ2n) is 4.58. The first kappa shape index (κ1) is 15.1. The van der Waals surface area contributed by atoms with Gasteiger partial charge in [-0.3, -0.25) is 4.90 Å². The highest BCUT2D eigenvalue weighted by Gasteiger charge is 2.31. The molecule has 1 aromatic rings. The lowest BCUT2D eigenvalue weighted by Crippen LogP contribution is -2.45. The SMILES string of the molecule is FC[C@H](c1cccc(OC(F)(F)F)c1)N1CCNCC1. The largest absolute Gasteiger partial charge is 0.573 e. The molecule has 0 aromatic heterocycles. The maximum absolute atomic E-state index is 13.3. The molecule has 0 amide bonds. The molecule has 0 spiro atoms. The number of piperazine rings is 1. The summed E-state index contributed by atoms with van der Waals surface area (Å²) in [6.07, 6.45) is -4.74. The molecular formula is C13H16F4N2O. The first-order valence-electron chi connectivity index (χ1n) is 6.36. The van der Waals surface area contributed by atoms with Crippen LogP contribution in [0.1, 0.15) is 11.6 Å². The lowest BCUT2D eigenvalue weighted by Gasteiger charge is -2.33. The number of rotatable bonds is 4. The molecule has 0 aliphatic carbocycles. The van der Waals surface area contributed by atoms with Gasteiger partial charge >= 0.3 is 6.36 Å². The first-order valence-corrected chi connectivity index (χ1v) is 6.36. The van der Waals surface area contributed by atoms with Crippen molar-refractivity contribution in [3.8, 4) is 5.75 Å². The van der Waals surface area contributed by atoms with Gasteiger partial charge < -0.3 is 10.1 Å². The number of hydrogen-bond acceptors (Lipinski definition) is 3. The van der Waals surface area contributed by atoms with Crippen LogP contribution in [0.4, 0.5) is 17.6 Å². The van der Waals surface area contributed by atoms with Crippen molar-refractivity contribution in [3.63, 3.8) is 0 Å². The van der Waals surface area contributed by atoms with Gasteiger partial charge in [-0.1, -0.05) is 12.1 Å². The van der Waals surface area contributed by atoms with Gasteiger partial charge in [0.15, 0.2) is 0 Å². The van der Waals surface area contributed by atoms with E-state index in [0.717, 1.165) is 13.1 Å². The van der Waals surface area contributed by atoms with Crippen LogP contribution in [-0.2, 0) is 0 Å². The zero-order chi connectivity index (χ0) is 14.6. The van der Waals surface area contributed by atoms with Gasteiger partial charge in [0.05, 0.1) is 6.04 Å². The van der Waals surface area contributed by atoms with Crippen molar-refractivity contribution in [1.82, 2.24) is 10.2 Å². The van der Waals surface area contributed by atoms with E-state index >= 15 is 0 Å². The van der Waals surface area contributed by atoms with Crippen LogP contribution >= 0.6 is 0 Å². The summed E-state index contributed by atoms with van der Waals surface area (Å²) in [6, 6.07) is 4.99. The summed E-state index contributed by atoms with van der Waals surface area (Å²) in [5.41, 5.74) is 0.496. The molecule has 0 radical (unpaired) electrons. The van der Waals surface area contributed by atoms with E-state index in [1.165, 1.54) is 18.2 Å². The fourth-order valence-corrected chi connectivity index (χ4v) is 2.31. The fraction of sp³-hybridized carbons (Fsp3) is 0.538. The minimum atomic E-state index is -4.74. The van der Waals surface area contributed by atoms with Gasteiger partial charge in [0.1, 0.15) is 12.4 Å². The van der Waals surface area contributed by atoms with Crippen molar-refractivity contribution in [2.45, 2.75) is 12.4 Å². The molecular weight excluding hydrogens is 276 g/mol. The highest BCUT2D eigenvalue weighted by Crippen LogP contribution is 2.28. The lowest BCUT2D eigenvalue weighted by atomic mass is 10.1. The Balaban J connectivity index is 2.14. The molecule has 1 saturated heterocycles. The van der Waals surface area contributed by atoms with Crippen molar-refractivity contribution in [3.05, 3.63) is 29.8 Å². The number of alkyl halides is 4. The quantitative estimate of drug-likeness (QED) is 0.863. The van der Waals surface area contributed by atoms with Crippen molar-refractivity contribution in [1.29, 1.82) is 0 Å². The molecule has 20 heavy (non-hydrogen) atoms. The van der Waals surface area contributed by atoms with Crippen LogP contribution < -0.4 is 10.1 Å². The molecule has 0 bridgehead atoms. The topological polar surface area (TPSA) is 24.5 Å². The summed E-state index contributed by atoms with van der Waals surface area (Å²) in [6.45, 7) is 2.18. The van der Waals surface area contributed by atoms with E-state index in [1.54, 1.807) is 6.07 Å². The molecule has 1 aliphatic rings. The van der Waals surface area contributed by atoms with Crippen LogP contribution in [-0.4, -0.2) is 44.1 Å². The summed E-state index contributed by atoms with van der Waals surface area (Å²) in [4.78, 5) is 1.92. The molecule has 1 atom stereocenters. The van der Waals surface area contributed by atoms with E-state index in [4.69, 9.17) is 0 Å². The summed E-state index contributed by atoms with van der Waals surface area (Å²) >= 11 is 0. The van der Waals surface area contributed by atoms with E-state index in [1.807, 2.05) is 4.90 Å². The van der Waals surface area contributed by atoms with Crippen molar-refractivity contribution in [2.24, 2.45) is 0 Å². The summed E-state index contributed by atoms with van der Waals surface area (Å²) < 4.78 is 53.7. The Morgan fingerprint density at radius 3 is 2.55 bits per heavy atom. The molecule has 1 heterocycles. The number of nitrogens with zero attached hydrogens (tertiary/aromatic N) is 1. The maximum Gasteiger partial charge on any atom is 0.573 e. The monoisotopic (exact) mass is 292 g/mol. The third-order valence-electron chi connectivity index (χ3n) is 3.21. The van der Waals surface area contributed by atoms with Crippen LogP contribution in [0.2, 0.25) is 0 Å². The van der Waals surface area contributed by atoms with Gasteiger partial charge in [0.25, 0.3) is 0 Å². The van der Waals surface area contributed by atoms with Crippen LogP contribution in [0.15, 0.2) is 24.3 Å². The molecule has 7 heteroatoms. The van der Waals surface area contributed by atoms with E-state index in [0.29, 0.717) is 18.7 Å². The second-order valence-corrected chi connectivity index (χ2v) is 4.58. The Labute approximate surface area is 114 Å². The highest BCUT2D eigenvalue weighted by molar-refractivity contribution is 5.31. The summed E-state index contributed by atoms with van der Waals surface area (Å²) in [7, 11) is 0. The van der Waals surface area contributed by atoms with Crippen molar-refractivity contribution < 1.29 is 22.3 Å². The standard InChI is InChI=1S/C13H16F4N2O/c14-9-12(19-6-4-18-5-7-19)10-2-1-3-11(8-10)20-13(15,16)17/h1-3,8,12,18H,4-7,9H2/t12-/m1/s1. The molecule has 1 aromatic carbocycles. The molecule has 1 N–H and O–H groups in total. The second kappa shape index (κ2) is 6.41. The molecule has 2 rings (SSSR count). The minimum absolute atomic E-state index is 0.316. The first-order chi connectivity index (χ1) is 9.49. The Bertz CT molecular complexity index is 433. The third-order valence-corrected chi connectivity index (χ3v) is 3.21. The maximum atomic E-state index is 13.3. The average Bonchev–Trinajstić information content (AvgIpc) is 2.39. The number of nitrogens with one attached hydrogen (secondary N) is 1. The smallest absolute Gasteiger partial charge is 0.406 e. The van der Waals surface area contributed by atoms with Crippen LogP contribution in [0.25, 0.3) is 0 Å². The summed E-state index contributed by atoms with van der Waals surface area (Å²) in [5.74, 6) is -0.316. The third kappa shape index (κ3) is 4.08. The Hall–Kier alpha value is -1.34. The number of halogens is 4. The van der Waals surface area contributed by atoms with E-state index in [2.05, 4.69) is 10.1 Å². The van der Waals surface area contributed by atoms with Gasteiger partial charge in [-0.2, -0.15) is 0 Å². The normalized spacial score (nSPS) is 18.8. The van der Waals surface area contributed by atoms with E-state index in [9.17, 15) is 17.6 Å². The molecule has 0 unspecified atom stereocenters. The van der Waals surface area contributed by atoms with E-state index in [-0.39, 0.29) is 5.75 Å². The molecule has 0 saturated carbocycles. The van der Waals surface area contributed by atoms with Gasteiger partial charge in [0.2, 0.25) is 0 Å². The average molecular weight is 292 g/mol. The van der Waals surface area contributed by atoms with Gasteiger partial charge in [-0.25, -0.2) is 4.39 Å². The number of hydrogen-bond donors (Lipinski definition) is 1. The fourth-order valence-electron chi connectivity index (χ4n) is 2.31. The number of ether oxygens (including phenoxy) is 1. The molecule has 1 fully saturated rings. The zero-order valence-electron chi connectivity index (χ0n) is 10.8. The molecule has 3 nitrogen and oxygen atoms in total. The highest BCUT2D eigenvalue weighted by atomic mass is 19.4. The Morgan fingerprint density at radius 1 is 1.25 bits per heavy atom. The predicted octanol–water partition coefficient (Wildman–Crippen LogP) is 2.50. The lowest BCUT2D eigenvalue weighted by molar-refractivity contribution is -0.274. The zero-order valence-corrected chi connectivity index (χ0v) is 10.8. The van der Waals surface area contributed by atoms with Gasteiger partial charge in [-0.15, -0.1) is 13.2 Å².